The van der Waals surface area contributed by atoms with Gasteiger partial charge in [0.15, 0.2) is 0 Å². The van der Waals surface area contributed by atoms with E-state index in [1.165, 1.54) is 0 Å². The van der Waals surface area contributed by atoms with E-state index in [1.807, 2.05) is 0 Å². The molecule has 0 aromatic rings. The van der Waals surface area contributed by atoms with Gasteiger partial charge in [0.25, 0.3) is 0 Å². The molecule has 0 saturated heterocycles. The number of guanidine groups is 1. The molecule has 0 aromatic heterocycles. The molecule has 0 fully saturated rings. The predicted molar refractivity (Wildman–Crippen MR) is 25.5 cm³/mol. The predicted octanol–water partition coefficient (Wildman–Crippen LogP) is -2.28. The van der Waals surface area contributed by atoms with E-state index in [0.29, 0.717) is 0 Å². The monoisotopic (exact) mass is 138 g/mol. The Bertz CT molecular complexity index is 187. The first-order valence-corrected chi connectivity index (χ1v) is 2.85. The lowest BCUT2D eigenvalue weighted by Crippen LogP contribution is -2.24. The molecule has 0 atom stereocenters. The lowest BCUT2D eigenvalue weighted by atomic mass is 11.1. The maximum absolute atomic E-state index is 9.54. The van der Waals surface area contributed by atoms with Gasteiger partial charge in [-0.1, -0.05) is 0 Å². The van der Waals surface area contributed by atoms with E-state index in [0.717, 1.165) is 0 Å². The lowest BCUT2D eigenvalue weighted by molar-refractivity contribution is 0.465. The summed E-state index contributed by atoms with van der Waals surface area (Å²) in [6, 6.07) is 0. The van der Waals surface area contributed by atoms with Crippen molar-refractivity contribution in [2.75, 3.05) is 0 Å². The third-order valence-electron chi connectivity index (χ3n) is 0.217. The second-order valence-corrected chi connectivity index (χ2v) is 1.98. The van der Waals surface area contributed by atoms with Crippen LogP contribution in [0, 0.1) is 0 Å². The molecule has 7 heteroatoms. The number of hydrogen-bond donors (Lipinski definition) is 2. The summed E-state index contributed by atoms with van der Waals surface area (Å²) < 4.78 is 30.9. The molecule has 0 unspecified atom stereocenters. The van der Waals surface area contributed by atoms with Gasteiger partial charge in [0, 0.05) is 0 Å². The minimum atomic E-state index is -4.64. The van der Waals surface area contributed by atoms with Crippen LogP contribution in [0.3, 0.4) is 0 Å². The van der Waals surface area contributed by atoms with Crippen molar-refractivity contribution in [3.8, 4) is 0 Å². The smallest absolute Gasteiger partial charge is 0.206 e. The Morgan fingerprint density at radius 1 is 1.50 bits per heavy atom. The molecule has 0 saturated carbocycles. The number of hydrogen-bond acceptors (Lipinski definition) is 3. The number of nitrogens with two attached hydrogens (primary N) is 2. The molecule has 0 heterocycles. The van der Waals surface area contributed by atoms with Crippen LogP contribution in [0.2, 0.25) is 0 Å². The number of rotatable bonds is 1. The first-order chi connectivity index (χ1) is 3.42. The fourth-order valence-electron chi connectivity index (χ4n) is 0.129. The molecule has 0 rings (SSSR count). The highest BCUT2D eigenvalue weighted by atomic mass is 32.2. The first-order valence-electron chi connectivity index (χ1n) is 1.48. The summed E-state index contributed by atoms with van der Waals surface area (Å²) in [4.78, 5) is 0. The standard InChI is InChI=1S/CH5N3O3S/c2-1(3)4-8(5,6)7/h(H4,2,3,4)(H,5,6,7)/p-1. The van der Waals surface area contributed by atoms with Crippen LogP contribution in [-0.4, -0.2) is 18.9 Å². The van der Waals surface area contributed by atoms with Crippen molar-refractivity contribution in [2.45, 2.75) is 0 Å². The van der Waals surface area contributed by atoms with Crippen LogP contribution in [0.15, 0.2) is 4.40 Å². The highest BCUT2D eigenvalue weighted by molar-refractivity contribution is 7.84. The summed E-state index contributed by atoms with van der Waals surface area (Å²) >= 11 is 0. The minimum Gasteiger partial charge on any atom is -0.729 e. The van der Waals surface area contributed by atoms with Gasteiger partial charge in [0.05, 0.1) is 0 Å². The molecule has 0 aliphatic rings. The molecular weight excluding hydrogens is 134 g/mol. The van der Waals surface area contributed by atoms with Crippen molar-refractivity contribution in [3.05, 3.63) is 0 Å². The van der Waals surface area contributed by atoms with Gasteiger partial charge < -0.3 is 16.0 Å². The van der Waals surface area contributed by atoms with Gasteiger partial charge in [-0.05, 0) is 0 Å². The summed E-state index contributed by atoms with van der Waals surface area (Å²) in [7, 11) is -4.64. The number of nitrogens with zero attached hydrogens (tertiary/aromatic N) is 1. The van der Waals surface area contributed by atoms with E-state index in [9.17, 15) is 13.0 Å². The maximum atomic E-state index is 9.54. The van der Waals surface area contributed by atoms with Crippen LogP contribution >= 0.6 is 0 Å². The van der Waals surface area contributed by atoms with Crippen LogP contribution in [0.25, 0.3) is 0 Å². The Morgan fingerprint density at radius 2 is 1.88 bits per heavy atom. The fraction of sp³-hybridized carbons (Fsp3) is 0. The Balaban J connectivity index is 4.36. The summed E-state index contributed by atoms with van der Waals surface area (Å²) in [5, 5.41) is 0. The van der Waals surface area contributed by atoms with E-state index in [-0.39, 0.29) is 0 Å². The van der Waals surface area contributed by atoms with E-state index >= 15 is 0 Å². The fourth-order valence-corrected chi connectivity index (χ4v) is 0.387. The Labute approximate surface area is 46.1 Å². The zero-order chi connectivity index (χ0) is 6.78. The Morgan fingerprint density at radius 3 is 1.88 bits per heavy atom. The molecule has 0 spiro atoms. The molecule has 0 bridgehead atoms. The molecule has 6 nitrogen and oxygen atoms in total. The maximum Gasteiger partial charge on any atom is 0.206 e. The average molecular weight is 138 g/mol. The summed E-state index contributed by atoms with van der Waals surface area (Å²) in [5.41, 5.74) is 9.05. The first kappa shape index (κ1) is 7.18. The zero-order valence-electron chi connectivity index (χ0n) is 3.73. The van der Waals surface area contributed by atoms with Gasteiger partial charge in [0.2, 0.25) is 16.3 Å². The molecule has 4 N–H and O–H groups in total. The van der Waals surface area contributed by atoms with E-state index in [1.54, 1.807) is 0 Å². The summed E-state index contributed by atoms with van der Waals surface area (Å²) in [6.07, 6.45) is 0. The molecule has 0 aromatic carbocycles. The minimum absolute atomic E-state index is 0.750. The summed E-state index contributed by atoms with van der Waals surface area (Å²) in [5.74, 6) is -0.750. The Hall–Kier alpha value is -0.820. The van der Waals surface area contributed by atoms with Crippen LogP contribution in [0.5, 0.6) is 0 Å². The zero-order valence-corrected chi connectivity index (χ0v) is 4.55. The summed E-state index contributed by atoms with van der Waals surface area (Å²) in [6.45, 7) is 0. The molecule has 48 valence electrons. The van der Waals surface area contributed by atoms with Crippen molar-refractivity contribution in [3.63, 3.8) is 0 Å². The third-order valence-corrected chi connectivity index (χ3v) is 0.652. The van der Waals surface area contributed by atoms with Gasteiger partial charge in [0.1, 0.15) is 0 Å². The highest BCUT2D eigenvalue weighted by Gasteiger charge is 1.85. The van der Waals surface area contributed by atoms with E-state index < -0.39 is 16.3 Å². The SMILES string of the molecule is NC(N)=NS(=O)(=O)[O-]. The van der Waals surface area contributed by atoms with Gasteiger partial charge in [-0.15, -0.1) is 4.40 Å². The Kier molecular flexibility index (Phi) is 1.77. The molecule has 8 heavy (non-hydrogen) atoms. The lowest BCUT2D eigenvalue weighted by Gasteiger charge is -1.96. The van der Waals surface area contributed by atoms with Gasteiger partial charge >= 0.3 is 0 Å². The van der Waals surface area contributed by atoms with Crippen molar-refractivity contribution >= 4 is 16.3 Å². The quantitative estimate of drug-likeness (QED) is 0.240. The van der Waals surface area contributed by atoms with Crippen molar-refractivity contribution in [1.82, 2.24) is 0 Å². The van der Waals surface area contributed by atoms with Crippen LogP contribution in [-0.2, 0) is 10.3 Å². The van der Waals surface area contributed by atoms with Gasteiger partial charge in [-0.3, -0.25) is 0 Å². The normalized spacial score (nSPS) is 10.6. The van der Waals surface area contributed by atoms with Gasteiger partial charge in [-0.25, -0.2) is 8.42 Å². The van der Waals surface area contributed by atoms with Crippen LogP contribution in [0.1, 0.15) is 0 Å². The van der Waals surface area contributed by atoms with Crippen LogP contribution in [0.4, 0.5) is 0 Å². The average Bonchev–Trinajstić information content (AvgIpc) is 1.21. The largest absolute Gasteiger partial charge is 0.729 e. The second-order valence-electron chi connectivity index (χ2n) is 0.944. The highest BCUT2D eigenvalue weighted by Crippen LogP contribution is 1.77. The molecule has 0 amide bonds. The molecule has 0 aliphatic heterocycles. The molecule has 0 aliphatic carbocycles. The topological polar surface area (TPSA) is 122 Å². The van der Waals surface area contributed by atoms with Gasteiger partial charge in [-0.2, -0.15) is 0 Å². The van der Waals surface area contributed by atoms with Crippen LogP contribution < -0.4 is 11.5 Å². The van der Waals surface area contributed by atoms with Crippen molar-refractivity contribution < 1.29 is 13.0 Å². The third kappa shape index (κ3) is 5.18. The van der Waals surface area contributed by atoms with Crippen molar-refractivity contribution in [2.24, 2.45) is 15.9 Å². The van der Waals surface area contributed by atoms with E-state index in [4.69, 9.17) is 0 Å². The van der Waals surface area contributed by atoms with E-state index in [2.05, 4.69) is 15.9 Å². The second kappa shape index (κ2) is 1.97. The van der Waals surface area contributed by atoms with Crippen molar-refractivity contribution in [1.29, 1.82) is 0 Å². The molecule has 0 radical (unpaired) electrons. The molecular formula is CH4N3O3S-.